The highest BCUT2D eigenvalue weighted by Gasteiger charge is 2.32. The summed E-state index contributed by atoms with van der Waals surface area (Å²) in [6.07, 6.45) is 2.12. The summed E-state index contributed by atoms with van der Waals surface area (Å²) >= 11 is 0. The van der Waals surface area contributed by atoms with Crippen molar-refractivity contribution >= 4 is 7.85 Å². The Balaban J connectivity index is 4.33. The molecule has 0 aromatic carbocycles. The molecule has 0 aromatic rings. The molecule has 0 amide bonds. The fraction of sp³-hybridized carbons (Fsp3) is 1.00. The number of rotatable bonds is 2. The lowest BCUT2D eigenvalue weighted by molar-refractivity contribution is 0.247. The van der Waals surface area contributed by atoms with Crippen molar-refractivity contribution in [3.63, 3.8) is 0 Å². The van der Waals surface area contributed by atoms with E-state index in [2.05, 4.69) is 34.6 Å². The van der Waals surface area contributed by atoms with Crippen LogP contribution in [0.1, 0.15) is 47.5 Å². The van der Waals surface area contributed by atoms with Crippen LogP contribution in [0.25, 0.3) is 0 Å². The van der Waals surface area contributed by atoms with E-state index >= 15 is 0 Å². The van der Waals surface area contributed by atoms with Crippen molar-refractivity contribution in [2.45, 2.75) is 52.8 Å². The van der Waals surface area contributed by atoms with Gasteiger partial charge in [0.15, 0.2) is 0 Å². The molecule has 0 saturated heterocycles. The quantitative estimate of drug-likeness (QED) is 0.514. The van der Waals surface area contributed by atoms with Crippen molar-refractivity contribution in [1.82, 2.24) is 0 Å². The molecular weight excluding hydrogens is 119 g/mol. The molecule has 1 heteroatoms. The van der Waals surface area contributed by atoms with Crippen molar-refractivity contribution in [3.8, 4) is 0 Å². The van der Waals surface area contributed by atoms with Gasteiger partial charge in [-0.05, 0) is 5.41 Å². The average Bonchev–Trinajstić information content (AvgIpc) is 1.84. The highest BCUT2D eigenvalue weighted by atomic mass is 14.3. The van der Waals surface area contributed by atoms with Gasteiger partial charge in [0.05, 0.1) is 7.85 Å². The molecule has 0 spiro atoms. The topological polar surface area (TPSA) is 0 Å². The Hall–Kier alpha value is 0.0649. The van der Waals surface area contributed by atoms with Crippen LogP contribution in [-0.4, -0.2) is 7.85 Å². The second-order valence-electron chi connectivity index (χ2n) is 4.11. The van der Waals surface area contributed by atoms with E-state index < -0.39 is 0 Å². The van der Waals surface area contributed by atoms with E-state index in [0.29, 0.717) is 0 Å². The molecule has 0 aliphatic heterocycles. The molecule has 0 atom stereocenters. The maximum atomic E-state index is 6.17. The first-order valence-electron chi connectivity index (χ1n) is 4.16. The normalized spacial score (nSPS) is 13.7. The maximum Gasteiger partial charge on any atom is 0.0753 e. The first-order valence-corrected chi connectivity index (χ1v) is 4.16. The molecule has 2 radical (unpaired) electrons. The first-order chi connectivity index (χ1) is 4.37. The van der Waals surface area contributed by atoms with Gasteiger partial charge in [0, 0.05) is 0 Å². The molecule has 0 aliphatic carbocycles. The molecule has 0 fully saturated rings. The smallest absolute Gasteiger partial charge is 0.0655 e. The van der Waals surface area contributed by atoms with Crippen molar-refractivity contribution < 1.29 is 0 Å². The summed E-state index contributed by atoms with van der Waals surface area (Å²) in [6.45, 7) is 10.9. The van der Waals surface area contributed by atoms with Crippen molar-refractivity contribution in [2.24, 2.45) is 5.41 Å². The van der Waals surface area contributed by atoms with Gasteiger partial charge in [-0.25, -0.2) is 0 Å². The highest BCUT2D eigenvalue weighted by Crippen LogP contribution is 2.47. The van der Waals surface area contributed by atoms with Crippen LogP contribution in [0.5, 0.6) is 0 Å². The molecule has 0 saturated carbocycles. The zero-order chi connectivity index (χ0) is 8.41. The second kappa shape index (κ2) is 2.98. The van der Waals surface area contributed by atoms with Crippen LogP contribution in [0.15, 0.2) is 0 Å². The van der Waals surface area contributed by atoms with Gasteiger partial charge in [0.2, 0.25) is 0 Å². The lowest BCUT2D eigenvalue weighted by Crippen LogP contribution is -2.27. The van der Waals surface area contributed by atoms with Crippen LogP contribution < -0.4 is 0 Å². The van der Waals surface area contributed by atoms with Gasteiger partial charge in [-0.15, -0.1) is 0 Å². The second-order valence-corrected chi connectivity index (χ2v) is 4.11. The minimum absolute atomic E-state index is 0.0208. The highest BCUT2D eigenvalue weighted by molar-refractivity contribution is 6.15. The summed E-state index contributed by atoms with van der Waals surface area (Å²) in [4.78, 5) is 0. The molecular formula is C9H19B. The van der Waals surface area contributed by atoms with E-state index in [1.54, 1.807) is 0 Å². The van der Waals surface area contributed by atoms with E-state index in [-0.39, 0.29) is 10.7 Å². The largest absolute Gasteiger partial charge is 0.0753 e. The zero-order valence-corrected chi connectivity index (χ0v) is 7.99. The van der Waals surface area contributed by atoms with Crippen LogP contribution >= 0.6 is 0 Å². The van der Waals surface area contributed by atoms with E-state index in [9.17, 15) is 0 Å². The summed E-state index contributed by atoms with van der Waals surface area (Å²) in [6, 6.07) is 0. The van der Waals surface area contributed by atoms with Crippen LogP contribution in [0.2, 0.25) is 5.31 Å². The maximum absolute atomic E-state index is 6.17. The molecule has 0 bridgehead atoms. The summed E-state index contributed by atoms with van der Waals surface area (Å²) in [5, 5.41) is 0.0208. The minimum atomic E-state index is 0.0208. The monoisotopic (exact) mass is 138 g/mol. The molecule has 0 unspecified atom stereocenters. The van der Waals surface area contributed by atoms with Gasteiger partial charge in [0.25, 0.3) is 0 Å². The van der Waals surface area contributed by atoms with Gasteiger partial charge >= 0.3 is 0 Å². The Bertz CT molecular complexity index is 95.8. The Morgan fingerprint density at radius 2 is 1.30 bits per heavy atom. The summed E-state index contributed by atoms with van der Waals surface area (Å²) in [5.74, 6) is 0. The van der Waals surface area contributed by atoms with Crippen LogP contribution in [0.3, 0.4) is 0 Å². The summed E-state index contributed by atoms with van der Waals surface area (Å²) < 4.78 is 0. The minimum Gasteiger partial charge on any atom is -0.0655 e. The van der Waals surface area contributed by atoms with Gasteiger partial charge in [-0.1, -0.05) is 52.8 Å². The van der Waals surface area contributed by atoms with Crippen molar-refractivity contribution in [2.75, 3.05) is 0 Å². The summed E-state index contributed by atoms with van der Waals surface area (Å²) in [7, 11) is 6.17. The number of hydrogen-bond acceptors (Lipinski definition) is 0. The average molecular weight is 138 g/mol. The number of hydrogen-bond donors (Lipinski definition) is 0. The van der Waals surface area contributed by atoms with E-state index in [1.165, 1.54) is 0 Å². The van der Waals surface area contributed by atoms with Crippen LogP contribution in [0.4, 0.5) is 0 Å². The van der Waals surface area contributed by atoms with Crippen LogP contribution in [0, 0.1) is 5.41 Å². The molecule has 0 nitrogen and oxygen atoms in total. The van der Waals surface area contributed by atoms with Crippen LogP contribution in [-0.2, 0) is 0 Å². The van der Waals surface area contributed by atoms with Crippen molar-refractivity contribution in [3.05, 3.63) is 0 Å². The predicted octanol–water partition coefficient (Wildman–Crippen LogP) is 3.18. The zero-order valence-electron chi connectivity index (χ0n) is 7.99. The third kappa shape index (κ3) is 1.77. The van der Waals surface area contributed by atoms with E-state index in [0.717, 1.165) is 12.8 Å². The Labute approximate surface area is 66.8 Å². The standard InChI is InChI=1S/C9H19B/c1-6-9(10,7-2)8(3,4)5/h6-7H2,1-5H3. The predicted molar refractivity (Wildman–Crippen MR) is 48.5 cm³/mol. The SMILES string of the molecule is [B]C(CC)(CC)C(C)(C)C. The van der Waals surface area contributed by atoms with Gasteiger partial charge in [-0.2, -0.15) is 0 Å². The first kappa shape index (κ1) is 10.1. The molecule has 58 valence electrons. The van der Waals surface area contributed by atoms with Gasteiger partial charge in [-0.3, -0.25) is 0 Å². The van der Waals surface area contributed by atoms with Crippen molar-refractivity contribution in [1.29, 1.82) is 0 Å². The fourth-order valence-corrected chi connectivity index (χ4v) is 1.31. The third-order valence-corrected chi connectivity index (χ3v) is 2.76. The van der Waals surface area contributed by atoms with Gasteiger partial charge in [0.1, 0.15) is 0 Å². The Morgan fingerprint density at radius 3 is 1.30 bits per heavy atom. The Kier molecular flexibility index (Phi) is 3.00. The molecule has 0 aromatic heterocycles. The van der Waals surface area contributed by atoms with E-state index in [4.69, 9.17) is 7.85 Å². The van der Waals surface area contributed by atoms with Gasteiger partial charge < -0.3 is 0 Å². The lowest BCUT2D eigenvalue weighted by atomic mass is 9.52. The summed E-state index contributed by atoms with van der Waals surface area (Å²) in [5.41, 5.74) is 0.233. The molecule has 10 heavy (non-hydrogen) atoms. The fourth-order valence-electron chi connectivity index (χ4n) is 1.31. The molecule has 0 rings (SSSR count). The lowest BCUT2D eigenvalue weighted by Gasteiger charge is -2.41. The van der Waals surface area contributed by atoms with E-state index in [1.807, 2.05) is 0 Å². The molecule has 0 heterocycles. The molecule has 0 N–H and O–H groups in total. The molecule has 0 aliphatic rings. The third-order valence-electron chi connectivity index (χ3n) is 2.76. The Morgan fingerprint density at radius 1 is 1.00 bits per heavy atom.